The van der Waals surface area contributed by atoms with E-state index in [9.17, 15) is 19.5 Å². The molecule has 0 bridgehead atoms. The van der Waals surface area contributed by atoms with E-state index in [4.69, 9.17) is 0 Å². The molecule has 36 heavy (non-hydrogen) atoms. The second-order valence-corrected chi connectivity index (χ2v) is 9.08. The van der Waals surface area contributed by atoms with Crippen LogP contribution < -0.4 is 10.2 Å². The van der Waals surface area contributed by atoms with Crippen LogP contribution >= 0.6 is 0 Å². The maximum atomic E-state index is 13.6. The number of aryl methyl sites for hydroxylation is 3. The zero-order valence-electron chi connectivity index (χ0n) is 20.5. The quantitative estimate of drug-likeness (QED) is 0.342. The van der Waals surface area contributed by atoms with Gasteiger partial charge in [-0.25, -0.2) is 4.79 Å². The van der Waals surface area contributed by atoms with Crippen LogP contribution in [0.1, 0.15) is 32.6 Å². The Hall–Kier alpha value is -4.39. The van der Waals surface area contributed by atoms with E-state index in [2.05, 4.69) is 10.3 Å². The normalized spacial score (nSPS) is 11.8. The van der Waals surface area contributed by atoms with Crippen molar-refractivity contribution in [2.24, 2.45) is 0 Å². The molecular weight excluding hydrogens is 454 g/mol. The van der Waals surface area contributed by atoms with Crippen LogP contribution in [0.2, 0.25) is 0 Å². The minimum absolute atomic E-state index is 0.112. The predicted octanol–water partition coefficient (Wildman–Crippen LogP) is 4.55. The summed E-state index contributed by atoms with van der Waals surface area (Å²) in [6.07, 6.45) is 1.87. The number of H-pyrrole nitrogens is 1. The average Bonchev–Trinajstić information content (AvgIpc) is 3.24. The van der Waals surface area contributed by atoms with E-state index in [-0.39, 0.29) is 18.9 Å². The molecule has 7 nitrogen and oxygen atoms in total. The average molecular weight is 484 g/mol. The number of nitrogens with one attached hydrogen (secondary N) is 2. The monoisotopic (exact) mass is 483 g/mol. The van der Waals surface area contributed by atoms with Crippen molar-refractivity contribution < 1.29 is 19.5 Å². The van der Waals surface area contributed by atoms with Gasteiger partial charge < -0.3 is 15.4 Å². The third-order valence-electron chi connectivity index (χ3n) is 6.15. The first-order valence-corrected chi connectivity index (χ1v) is 11.8. The Bertz CT molecular complexity index is 1420. The second-order valence-electron chi connectivity index (χ2n) is 9.08. The number of aromatic nitrogens is 1. The third-order valence-corrected chi connectivity index (χ3v) is 6.15. The number of nitrogens with zero attached hydrogens (tertiary/aromatic N) is 1. The molecule has 0 radical (unpaired) electrons. The summed E-state index contributed by atoms with van der Waals surface area (Å²) in [7, 11) is 0. The van der Waals surface area contributed by atoms with Gasteiger partial charge in [0.2, 0.25) is 5.91 Å². The number of anilines is 1. The van der Waals surface area contributed by atoms with Gasteiger partial charge in [-0.05, 0) is 56.2 Å². The zero-order valence-corrected chi connectivity index (χ0v) is 20.5. The van der Waals surface area contributed by atoms with Gasteiger partial charge in [0.1, 0.15) is 12.6 Å². The van der Waals surface area contributed by atoms with Gasteiger partial charge in [-0.15, -0.1) is 0 Å². The fourth-order valence-corrected chi connectivity index (χ4v) is 4.49. The minimum atomic E-state index is -1.15. The molecule has 1 atom stereocenters. The molecule has 0 saturated carbocycles. The Balaban J connectivity index is 1.59. The zero-order chi connectivity index (χ0) is 25.8. The van der Waals surface area contributed by atoms with Crippen molar-refractivity contribution in [2.45, 2.75) is 33.2 Å². The lowest BCUT2D eigenvalue weighted by Crippen LogP contribution is -2.48. The number of amides is 2. The molecule has 0 spiro atoms. The van der Waals surface area contributed by atoms with E-state index in [0.717, 1.165) is 33.2 Å². The molecule has 0 saturated heterocycles. The molecular formula is C29H29N3O4. The van der Waals surface area contributed by atoms with Crippen LogP contribution in [-0.2, 0) is 16.0 Å². The van der Waals surface area contributed by atoms with Crippen LogP contribution in [-0.4, -0.2) is 40.5 Å². The van der Waals surface area contributed by atoms with Crippen LogP contribution in [0.25, 0.3) is 10.9 Å². The summed E-state index contributed by atoms with van der Waals surface area (Å²) in [5.74, 6) is -2.02. The lowest BCUT2D eigenvalue weighted by Gasteiger charge is -2.25. The standard InChI is InChI=1S/C29H29N3O4/c1-18-12-19(2)14-21(13-18)28(34)32(26-11-7-4-8-20(26)3)17-27(33)31-25(29(35)36)15-22-16-30-24-10-6-5-9-23(22)24/h4-14,16,25,30H,15,17H2,1-3H3,(H,31,33)(H,35,36)/t25-/m0/s1. The number of carboxylic acids is 1. The number of rotatable bonds is 8. The molecule has 7 heteroatoms. The fourth-order valence-electron chi connectivity index (χ4n) is 4.49. The Morgan fingerprint density at radius 3 is 2.31 bits per heavy atom. The number of benzene rings is 3. The lowest BCUT2D eigenvalue weighted by atomic mass is 10.0. The highest BCUT2D eigenvalue weighted by molar-refractivity contribution is 6.09. The first kappa shape index (κ1) is 24.7. The van der Waals surface area contributed by atoms with Gasteiger partial charge in [0.05, 0.1) is 0 Å². The maximum Gasteiger partial charge on any atom is 0.326 e. The van der Waals surface area contributed by atoms with Crippen LogP contribution in [0.4, 0.5) is 5.69 Å². The van der Waals surface area contributed by atoms with Gasteiger partial charge in [-0.2, -0.15) is 0 Å². The number of carbonyl (C=O) groups is 3. The second kappa shape index (κ2) is 10.5. The van der Waals surface area contributed by atoms with E-state index in [0.29, 0.717) is 11.3 Å². The number of aromatic amines is 1. The summed E-state index contributed by atoms with van der Waals surface area (Å²) >= 11 is 0. The number of para-hydroxylation sites is 2. The Labute approximate surface area is 209 Å². The highest BCUT2D eigenvalue weighted by Crippen LogP contribution is 2.23. The number of fused-ring (bicyclic) bond motifs is 1. The molecule has 184 valence electrons. The summed E-state index contributed by atoms with van der Waals surface area (Å²) in [5, 5.41) is 13.4. The Kier molecular flexibility index (Phi) is 7.20. The number of carboxylic acid groups (broad SMARTS) is 1. The van der Waals surface area contributed by atoms with E-state index in [1.807, 2.05) is 63.2 Å². The highest BCUT2D eigenvalue weighted by atomic mass is 16.4. The predicted molar refractivity (Wildman–Crippen MR) is 140 cm³/mol. The number of hydrogen-bond acceptors (Lipinski definition) is 3. The molecule has 0 unspecified atom stereocenters. The summed E-state index contributed by atoms with van der Waals surface area (Å²) < 4.78 is 0. The first-order valence-electron chi connectivity index (χ1n) is 11.8. The molecule has 4 aromatic rings. The van der Waals surface area contributed by atoms with Gasteiger partial charge in [0.15, 0.2) is 0 Å². The summed E-state index contributed by atoms with van der Waals surface area (Å²) in [4.78, 5) is 43.3. The van der Waals surface area contributed by atoms with E-state index in [1.165, 1.54) is 4.90 Å². The van der Waals surface area contributed by atoms with Gasteiger partial charge in [0.25, 0.3) is 5.91 Å². The van der Waals surface area contributed by atoms with Crippen molar-refractivity contribution in [3.63, 3.8) is 0 Å². The van der Waals surface area contributed by atoms with Crippen molar-refractivity contribution in [3.05, 3.63) is 101 Å². The van der Waals surface area contributed by atoms with Crippen molar-refractivity contribution in [3.8, 4) is 0 Å². The first-order chi connectivity index (χ1) is 17.2. The molecule has 1 aromatic heterocycles. The van der Waals surface area contributed by atoms with Gasteiger partial charge in [-0.1, -0.05) is 53.6 Å². The number of hydrogen-bond donors (Lipinski definition) is 3. The van der Waals surface area contributed by atoms with E-state index < -0.39 is 17.9 Å². The highest BCUT2D eigenvalue weighted by Gasteiger charge is 2.26. The summed E-state index contributed by atoms with van der Waals surface area (Å²) in [5.41, 5.74) is 5.47. The molecule has 0 aliphatic carbocycles. The van der Waals surface area contributed by atoms with Crippen molar-refractivity contribution in [1.29, 1.82) is 0 Å². The SMILES string of the molecule is Cc1cc(C)cc(C(=O)N(CC(=O)N[C@@H](Cc2c[nH]c3ccccc23)C(=O)O)c2ccccc2C)c1. The molecule has 0 fully saturated rings. The summed E-state index contributed by atoms with van der Waals surface area (Å²) in [6.45, 7) is 5.38. The van der Waals surface area contributed by atoms with Crippen molar-refractivity contribution >= 4 is 34.4 Å². The molecule has 4 rings (SSSR count). The molecule has 2 amide bonds. The Morgan fingerprint density at radius 2 is 1.61 bits per heavy atom. The van der Waals surface area contributed by atoms with E-state index >= 15 is 0 Å². The molecule has 3 aromatic carbocycles. The molecule has 3 N–H and O–H groups in total. The molecule has 0 aliphatic heterocycles. The maximum absolute atomic E-state index is 13.6. The molecule has 1 heterocycles. The lowest BCUT2D eigenvalue weighted by molar-refractivity contribution is -0.141. The fraction of sp³-hybridized carbons (Fsp3) is 0.207. The minimum Gasteiger partial charge on any atom is -0.480 e. The van der Waals surface area contributed by atoms with Gasteiger partial charge in [0, 0.05) is 34.8 Å². The van der Waals surface area contributed by atoms with Crippen molar-refractivity contribution in [1.82, 2.24) is 10.3 Å². The number of aliphatic carboxylic acids is 1. The van der Waals surface area contributed by atoms with Crippen molar-refractivity contribution in [2.75, 3.05) is 11.4 Å². The Morgan fingerprint density at radius 1 is 0.944 bits per heavy atom. The largest absolute Gasteiger partial charge is 0.480 e. The summed E-state index contributed by atoms with van der Waals surface area (Å²) in [6, 6.07) is 19.3. The van der Waals surface area contributed by atoms with E-state index in [1.54, 1.807) is 30.5 Å². The third kappa shape index (κ3) is 5.46. The smallest absolute Gasteiger partial charge is 0.326 e. The van der Waals surface area contributed by atoms with Crippen LogP contribution in [0.15, 0.2) is 72.9 Å². The number of carbonyl (C=O) groups excluding carboxylic acids is 2. The van der Waals surface area contributed by atoms with Gasteiger partial charge in [-0.3, -0.25) is 14.5 Å². The molecule has 0 aliphatic rings. The topological polar surface area (TPSA) is 103 Å². The van der Waals surface area contributed by atoms with Crippen LogP contribution in [0.5, 0.6) is 0 Å². The van der Waals surface area contributed by atoms with Gasteiger partial charge >= 0.3 is 5.97 Å². The van der Waals surface area contributed by atoms with Crippen LogP contribution in [0.3, 0.4) is 0 Å². The van der Waals surface area contributed by atoms with Crippen LogP contribution in [0, 0.1) is 20.8 Å².